The molecule has 3 rings (SSSR count). The highest BCUT2D eigenvalue weighted by atomic mass is 32.1. The van der Waals surface area contributed by atoms with Gasteiger partial charge in [0.15, 0.2) is 5.13 Å². The Morgan fingerprint density at radius 1 is 1.15 bits per heavy atom. The fourth-order valence-electron chi connectivity index (χ4n) is 2.61. The predicted octanol–water partition coefficient (Wildman–Crippen LogP) is 4.14. The van der Waals surface area contributed by atoms with E-state index in [0.717, 1.165) is 17.7 Å². The van der Waals surface area contributed by atoms with Crippen molar-refractivity contribution in [3.63, 3.8) is 0 Å². The van der Waals surface area contributed by atoms with Crippen molar-refractivity contribution in [2.45, 2.75) is 26.9 Å². The maximum Gasteiger partial charge on any atom is 0.338 e. The predicted molar refractivity (Wildman–Crippen MR) is 104 cm³/mol. The fourth-order valence-corrected chi connectivity index (χ4v) is 3.48. The van der Waals surface area contributed by atoms with Gasteiger partial charge in [-0.1, -0.05) is 25.1 Å². The highest BCUT2D eigenvalue weighted by Crippen LogP contribution is 2.31. The van der Waals surface area contributed by atoms with Gasteiger partial charge in [0.2, 0.25) is 5.91 Å². The van der Waals surface area contributed by atoms with Crippen LogP contribution in [0.5, 0.6) is 0 Å². The summed E-state index contributed by atoms with van der Waals surface area (Å²) in [6, 6.07) is 10.9. The van der Waals surface area contributed by atoms with Crippen LogP contribution in [0.15, 0.2) is 54.2 Å². The fraction of sp³-hybridized carbons (Fsp3) is 0.200. The average Bonchev–Trinajstić information content (AvgIpc) is 3.15. The molecule has 3 aromatic rings. The van der Waals surface area contributed by atoms with Gasteiger partial charge in [0, 0.05) is 24.7 Å². The summed E-state index contributed by atoms with van der Waals surface area (Å²) in [6.07, 6.45) is 3.88. The normalized spacial score (nSPS) is 10.4. The molecule has 0 unspecified atom stereocenters. The van der Waals surface area contributed by atoms with Crippen LogP contribution in [0, 0.1) is 0 Å². The lowest BCUT2D eigenvalue weighted by Crippen LogP contribution is -2.23. The third-order valence-electron chi connectivity index (χ3n) is 3.93. The molecule has 27 heavy (non-hydrogen) atoms. The number of aryl methyl sites for hydroxylation is 1. The van der Waals surface area contributed by atoms with Crippen LogP contribution in [-0.4, -0.2) is 21.8 Å². The van der Waals surface area contributed by atoms with Crippen LogP contribution in [0.4, 0.5) is 10.8 Å². The van der Waals surface area contributed by atoms with E-state index in [1.165, 1.54) is 30.7 Å². The van der Waals surface area contributed by atoms with E-state index in [-0.39, 0.29) is 12.5 Å². The lowest BCUT2D eigenvalue weighted by molar-refractivity contribution is -0.115. The molecule has 0 aliphatic heterocycles. The monoisotopic (exact) mass is 381 g/mol. The van der Waals surface area contributed by atoms with Gasteiger partial charge in [-0.05, 0) is 30.2 Å². The number of hydrogen-bond donors (Lipinski definition) is 0. The first-order valence-corrected chi connectivity index (χ1v) is 9.38. The molecule has 0 spiro atoms. The molecule has 0 saturated carbocycles. The molecular weight excluding hydrogens is 362 g/mol. The van der Waals surface area contributed by atoms with Crippen molar-refractivity contribution in [1.29, 1.82) is 0 Å². The summed E-state index contributed by atoms with van der Waals surface area (Å²) in [5.41, 5.74) is 2.91. The lowest BCUT2D eigenvalue weighted by Gasteiger charge is -2.20. The smallest absolute Gasteiger partial charge is 0.338 e. The number of ether oxygens (including phenoxy) is 1. The first kappa shape index (κ1) is 18.7. The second-order valence-corrected chi connectivity index (χ2v) is 6.61. The number of nitrogens with zero attached hydrogens (tertiary/aromatic N) is 3. The molecule has 138 valence electrons. The maximum atomic E-state index is 12.3. The highest BCUT2D eigenvalue weighted by molar-refractivity contribution is 7.14. The minimum absolute atomic E-state index is 0.0405. The Balaban J connectivity index is 1.77. The van der Waals surface area contributed by atoms with E-state index in [9.17, 15) is 9.59 Å². The van der Waals surface area contributed by atoms with Crippen LogP contribution >= 0.6 is 11.3 Å². The van der Waals surface area contributed by atoms with Crippen molar-refractivity contribution in [3.8, 4) is 0 Å². The number of esters is 1. The molecule has 0 aliphatic carbocycles. The van der Waals surface area contributed by atoms with Crippen molar-refractivity contribution in [2.24, 2.45) is 0 Å². The van der Waals surface area contributed by atoms with Crippen molar-refractivity contribution >= 4 is 34.0 Å². The van der Waals surface area contributed by atoms with E-state index < -0.39 is 5.97 Å². The van der Waals surface area contributed by atoms with Crippen LogP contribution in [0.2, 0.25) is 0 Å². The molecule has 0 fully saturated rings. The summed E-state index contributed by atoms with van der Waals surface area (Å²) < 4.78 is 5.29. The van der Waals surface area contributed by atoms with Gasteiger partial charge in [-0.25, -0.2) is 9.78 Å². The van der Waals surface area contributed by atoms with Gasteiger partial charge in [0.25, 0.3) is 0 Å². The molecule has 0 atom stereocenters. The van der Waals surface area contributed by atoms with Crippen LogP contribution in [0.3, 0.4) is 0 Å². The number of thiazole rings is 1. The van der Waals surface area contributed by atoms with Gasteiger partial charge < -0.3 is 4.74 Å². The van der Waals surface area contributed by atoms with E-state index in [1.54, 1.807) is 22.4 Å². The van der Waals surface area contributed by atoms with E-state index in [0.29, 0.717) is 16.4 Å². The molecule has 0 bridgehead atoms. The zero-order valence-electron chi connectivity index (χ0n) is 15.1. The minimum Gasteiger partial charge on any atom is -0.456 e. The molecule has 0 radical (unpaired) electrons. The van der Waals surface area contributed by atoms with Crippen LogP contribution < -0.4 is 4.90 Å². The Hall–Kier alpha value is -3.06. The molecule has 2 aromatic heterocycles. The number of amides is 1. The van der Waals surface area contributed by atoms with E-state index in [1.807, 2.05) is 31.2 Å². The topological polar surface area (TPSA) is 72.4 Å². The lowest BCUT2D eigenvalue weighted by atomic mass is 10.1. The molecule has 0 aliphatic rings. The van der Waals surface area contributed by atoms with Crippen molar-refractivity contribution in [3.05, 3.63) is 71.0 Å². The van der Waals surface area contributed by atoms with Crippen LogP contribution in [0.25, 0.3) is 0 Å². The van der Waals surface area contributed by atoms with Crippen molar-refractivity contribution < 1.29 is 14.3 Å². The minimum atomic E-state index is -0.438. The molecule has 6 nitrogen and oxygen atoms in total. The third kappa shape index (κ3) is 4.38. The summed E-state index contributed by atoms with van der Waals surface area (Å²) in [6.45, 7) is 3.60. The number of rotatable bonds is 6. The van der Waals surface area contributed by atoms with Gasteiger partial charge in [-0.3, -0.25) is 14.7 Å². The Labute approximate surface area is 161 Å². The zero-order valence-corrected chi connectivity index (χ0v) is 15.9. The summed E-state index contributed by atoms with van der Waals surface area (Å²) in [7, 11) is 0. The van der Waals surface area contributed by atoms with Gasteiger partial charge in [0.05, 0.1) is 16.9 Å². The molecular formula is C20H19N3O3S. The number of carbonyl (C=O) groups excluding carboxylic acids is 2. The van der Waals surface area contributed by atoms with Crippen molar-refractivity contribution in [2.75, 3.05) is 4.90 Å². The summed E-state index contributed by atoms with van der Waals surface area (Å²) >= 11 is 1.34. The van der Waals surface area contributed by atoms with E-state index in [2.05, 4.69) is 9.97 Å². The number of anilines is 2. The second-order valence-electron chi connectivity index (χ2n) is 5.77. The Kier molecular flexibility index (Phi) is 5.93. The standard InChI is InChI=1S/C20H19N3O3S/c1-3-15-6-4-5-7-18(15)23(14(2)24)20-22-17(13-27-20)12-26-19(25)16-8-10-21-11-9-16/h4-11,13H,3,12H2,1-2H3. The first-order valence-electron chi connectivity index (χ1n) is 8.50. The Bertz CT molecular complexity index is 940. The second kappa shape index (κ2) is 8.55. The zero-order chi connectivity index (χ0) is 19.2. The summed E-state index contributed by atoms with van der Waals surface area (Å²) in [4.78, 5) is 34.3. The van der Waals surface area contributed by atoms with E-state index in [4.69, 9.17) is 4.74 Å². The van der Waals surface area contributed by atoms with Crippen LogP contribution in [-0.2, 0) is 22.6 Å². The highest BCUT2D eigenvalue weighted by Gasteiger charge is 2.20. The molecule has 0 N–H and O–H groups in total. The number of aromatic nitrogens is 2. The van der Waals surface area contributed by atoms with Crippen molar-refractivity contribution in [1.82, 2.24) is 9.97 Å². The summed E-state index contributed by atoms with van der Waals surface area (Å²) in [5, 5.41) is 2.35. The number of para-hydroxylation sites is 1. The molecule has 0 saturated heterocycles. The summed E-state index contributed by atoms with van der Waals surface area (Å²) in [5.74, 6) is -0.558. The Morgan fingerprint density at radius 2 is 1.89 bits per heavy atom. The first-order chi connectivity index (χ1) is 13.1. The average molecular weight is 381 g/mol. The molecule has 1 aromatic carbocycles. The van der Waals surface area contributed by atoms with E-state index >= 15 is 0 Å². The van der Waals surface area contributed by atoms with Crippen LogP contribution in [0.1, 0.15) is 35.5 Å². The number of benzene rings is 1. The number of carbonyl (C=O) groups is 2. The van der Waals surface area contributed by atoms with Gasteiger partial charge in [-0.2, -0.15) is 0 Å². The van der Waals surface area contributed by atoms with Gasteiger partial charge in [-0.15, -0.1) is 11.3 Å². The molecule has 2 heterocycles. The number of hydrogen-bond acceptors (Lipinski definition) is 6. The molecule has 1 amide bonds. The SMILES string of the molecule is CCc1ccccc1N(C(C)=O)c1nc(COC(=O)c2ccncc2)cs1. The largest absolute Gasteiger partial charge is 0.456 e. The maximum absolute atomic E-state index is 12.3. The number of pyridine rings is 1. The quantitative estimate of drug-likeness (QED) is 0.600. The Morgan fingerprint density at radius 3 is 2.59 bits per heavy atom. The molecule has 7 heteroatoms. The van der Waals surface area contributed by atoms with Gasteiger partial charge >= 0.3 is 5.97 Å². The third-order valence-corrected chi connectivity index (χ3v) is 4.80. The van der Waals surface area contributed by atoms with Gasteiger partial charge in [0.1, 0.15) is 6.61 Å².